The summed E-state index contributed by atoms with van der Waals surface area (Å²) in [5.41, 5.74) is 4.28. The predicted octanol–water partition coefficient (Wildman–Crippen LogP) is 5.17. The monoisotopic (exact) mass is 483 g/mol. The van der Waals surface area contributed by atoms with E-state index in [-0.39, 0.29) is 36.5 Å². The molecular weight excluding hydrogens is 455 g/mol. The first-order valence-corrected chi connectivity index (χ1v) is 12.1. The number of rotatable bonds is 8. The molecule has 0 bridgehead atoms. The fraction of sp³-hybridized carbons (Fsp3) is 0.407. The summed E-state index contributed by atoms with van der Waals surface area (Å²) in [6, 6.07) is 9.81. The molecule has 0 amide bonds. The zero-order valence-corrected chi connectivity index (χ0v) is 19.4. The fourth-order valence-electron chi connectivity index (χ4n) is 4.94. The van der Waals surface area contributed by atoms with Gasteiger partial charge >= 0.3 is 0 Å². The number of ether oxygens (including phenoxy) is 1. The zero-order chi connectivity index (χ0) is 24.4. The van der Waals surface area contributed by atoms with E-state index in [0.29, 0.717) is 41.8 Å². The summed E-state index contributed by atoms with van der Waals surface area (Å²) in [6.45, 7) is 2.05. The molecule has 0 unspecified atom stereocenters. The highest BCUT2D eigenvalue weighted by molar-refractivity contribution is 5.76. The van der Waals surface area contributed by atoms with Crippen molar-refractivity contribution in [3.63, 3.8) is 0 Å². The van der Waals surface area contributed by atoms with E-state index in [9.17, 15) is 4.39 Å². The van der Waals surface area contributed by atoms with E-state index in [1.807, 2.05) is 18.2 Å². The van der Waals surface area contributed by atoms with Gasteiger partial charge in [-0.05, 0) is 73.5 Å². The number of nitrogens with one attached hydrogen (secondary N) is 1. The Balaban J connectivity index is 1.55. The number of aliphatic hydroxyl groups excluding tert-OH is 1. The van der Waals surface area contributed by atoms with Crippen LogP contribution in [0.3, 0.4) is 0 Å². The van der Waals surface area contributed by atoms with Crippen LogP contribution < -0.4 is 10.1 Å². The van der Waals surface area contributed by atoms with Crippen LogP contribution in [0, 0.1) is 5.82 Å². The highest BCUT2D eigenvalue weighted by Gasteiger charge is 2.44. The maximum atomic E-state index is 15.2. The molecule has 5 nitrogen and oxygen atoms in total. The normalized spacial score (nSPS) is 16.1. The Hall–Kier alpha value is -2.97. The molecule has 3 aromatic rings. The van der Waals surface area contributed by atoms with E-state index in [4.69, 9.17) is 9.84 Å². The third kappa shape index (κ3) is 4.77. The Morgan fingerprint density at radius 1 is 0.971 bits per heavy atom. The van der Waals surface area contributed by atoms with Crippen LogP contribution >= 0.6 is 0 Å². The van der Waals surface area contributed by atoms with E-state index in [2.05, 4.69) is 15.5 Å². The number of alkyl halides is 2. The van der Waals surface area contributed by atoms with Gasteiger partial charge in [0.1, 0.15) is 23.0 Å². The minimum atomic E-state index is -3.03. The van der Waals surface area contributed by atoms with Crippen LogP contribution in [0.4, 0.5) is 13.2 Å². The van der Waals surface area contributed by atoms with Gasteiger partial charge in [0, 0.05) is 36.8 Å². The molecule has 0 spiro atoms. The van der Waals surface area contributed by atoms with Crippen LogP contribution in [-0.4, -0.2) is 35.1 Å². The number of aromatic nitrogens is 2. The lowest BCUT2D eigenvalue weighted by Crippen LogP contribution is -2.23. The number of halogens is 3. The second-order valence-electron chi connectivity index (χ2n) is 9.14. The van der Waals surface area contributed by atoms with Gasteiger partial charge in [0.05, 0.1) is 12.2 Å². The molecule has 0 fully saturated rings. The molecule has 1 aliphatic carbocycles. The second-order valence-corrected chi connectivity index (χ2v) is 9.14. The third-order valence-corrected chi connectivity index (χ3v) is 6.75. The number of fused-ring (bicyclic) bond motifs is 2. The molecule has 0 saturated heterocycles. The smallest absolute Gasteiger partial charge is 0.276 e. The summed E-state index contributed by atoms with van der Waals surface area (Å²) >= 11 is 0. The van der Waals surface area contributed by atoms with Crippen LogP contribution in [0.1, 0.15) is 47.9 Å². The molecule has 8 heteroatoms. The number of benzene rings is 2. The van der Waals surface area contributed by atoms with Gasteiger partial charge in [-0.15, -0.1) is 10.2 Å². The molecule has 5 rings (SSSR count). The first-order chi connectivity index (χ1) is 17.0. The van der Waals surface area contributed by atoms with Crippen molar-refractivity contribution in [2.45, 2.75) is 51.0 Å². The highest BCUT2D eigenvalue weighted by atomic mass is 19.3. The van der Waals surface area contributed by atoms with Gasteiger partial charge in [-0.2, -0.15) is 0 Å². The molecule has 2 aliphatic rings. The molecule has 184 valence electrons. The standard InChI is InChI=1S/C27H28F3N3O2/c28-20-6-7-21(23(15-20)35-13-3-1-2-12-34)26-22-8-10-27(29,30)24(22)25(32-33-26)18-4-5-19-16-31-11-9-17(19)14-18/h4-7,14-15,31,34H,1-3,8-13,16H2. The fourth-order valence-corrected chi connectivity index (χ4v) is 4.94. The Kier molecular flexibility index (Phi) is 6.75. The predicted molar refractivity (Wildman–Crippen MR) is 127 cm³/mol. The van der Waals surface area contributed by atoms with Crippen molar-refractivity contribution in [3.8, 4) is 28.3 Å². The van der Waals surface area contributed by atoms with Gasteiger partial charge in [-0.25, -0.2) is 13.2 Å². The SMILES string of the molecule is OCCCCCOc1cc(F)ccc1-c1nnc(-c2ccc3c(c2)CCNC3)c2c1CCC2(F)F. The number of hydrogen-bond acceptors (Lipinski definition) is 5. The Morgan fingerprint density at radius 2 is 1.83 bits per heavy atom. The zero-order valence-electron chi connectivity index (χ0n) is 19.4. The molecule has 2 aromatic carbocycles. The molecule has 0 radical (unpaired) electrons. The van der Waals surface area contributed by atoms with Crippen LogP contribution in [-0.2, 0) is 25.3 Å². The van der Waals surface area contributed by atoms with Gasteiger partial charge in [0.25, 0.3) is 5.92 Å². The Labute approximate surface area is 202 Å². The van der Waals surface area contributed by atoms with Gasteiger partial charge in [-0.3, -0.25) is 0 Å². The lowest BCUT2D eigenvalue weighted by atomic mass is 9.93. The van der Waals surface area contributed by atoms with E-state index in [1.165, 1.54) is 23.8 Å². The van der Waals surface area contributed by atoms with E-state index in [1.54, 1.807) is 0 Å². The summed E-state index contributed by atoms with van der Waals surface area (Å²) in [4.78, 5) is 0. The molecule has 2 heterocycles. The first kappa shape index (κ1) is 23.8. The largest absolute Gasteiger partial charge is 0.493 e. The number of nitrogens with zero attached hydrogens (tertiary/aromatic N) is 2. The van der Waals surface area contributed by atoms with Crippen LogP contribution in [0.15, 0.2) is 36.4 Å². The van der Waals surface area contributed by atoms with Crippen molar-refractivity contribution >= 4 is 0 Å². The molecule has 0 atom stereocenters. The van der Waals surface area contributed by atoms with Crippen LogP contribution in [0.5, 0.6) is 5.75 Å². The molecule has 2 N–H and O–H groups in total. The summed E-state index contributed by atoms with van der Waals surface area (Å²) < 4.78 is 50.3. The summed E-state index contributed by atoms with van der Waals surface area (Å²) in [7, 11) is 0. The maximum Gasteiger partial charge on any atom is 0.276 e. The molecule has 35 heavy (non-hydrogen) atoms. The summed E-state index contributed by atoms with van der Waals surface area (Å²) in [5, 5.41) is 20.9. The van der Waals surface area contributed by atoms with Crippen molar-refractivity contribution in [3.05, 3.63) is 64.5 Å². The number of hydrogen-bond donors (Lipinski definition) is 2. The average Bonchev–Trinajstić information content (AvgIpc) is 3.19. The average molecular weight is 484 g/mol. The molecule has 0 saturated carbocycles. The number of aliphatic hydroxyl groups is 1. The lowest BCUT2D eigenvalue weighted by molar-refractivity contribution is -0.00158. The van der Waals surface area contributed by atoms with Crippen molar-refractivity contribution in [2.75, 3.05) is 19.8 Å². The summed E-state index contributed by atoms with van der Waals surface area (Å²) in [6.07, 6.45) is 2.79. The second kappa shape index (κ2) is 9.95. The van der Waals surface area contributed by atoms with E-state index < -0.39 is 11.7 Å². The minimum absolute atomic E-state index is 0.0883. The Bertz CT molecular complexity index is 1230. The van der Waals surface area contributed by atoms with Gasteiger partial charge in [-0.1, -0.05) is 12.1 Å². The molecular formula is C27H28F3N3O2. The highest BCUT2D eigenvalue weighted by Crippen LogP contribution is 2.49. The van der Waals surface area contributed by atoms with Crippen molar-refractivity contribution in [1.82, 2.24) is 15.5 Å². The number of unbranched alkanes of at least 4 members (excludes halogenated alkanes) is 2. The quantitative estimate of drug-likeness (QED) is 0.433. The van der Waals surface area contributed by atoms with Gasteiger partial charge in [0.2, 0.25) is 0 Å². The van der Waals surface area contributed by atoms with Gasteiger partial charge < -0.3 is 15.2 Å². The minimum Gasteiger partial charge on any atom is -0.493 e. The third-order valence-electron chi connectivity index (χ3n) is 6.75. The van der Waals surface area contributed by atoms with Crippen LogP contribution in [0.25, 0.3) is 22.5 Å². The van der Waals surface area contributed by atoms with E-state index in [0.717, 1.165) is 31.5 Å². The summed E-state index contributed by atoms with van der Waals surface area (Å²) in [5.74, 6) is -3.25. The van der Waals surface area contributed by atoms with Crippen molar-refractivity contribution in [1.29, 1.82) is 0 Å². The molecule has 1 aliphatic heterocycles. The van der Waals surface area contributed by atoms with Crippen molar-refractivity contribution < 1.29 is 23.0 Å². The lowest BCUT2D eigenvalue weighted by Gasteiger charge is -2.20. The Morgan fingerprint density at radius 3 is 2.69 bits per heavy atom. The van der Waals surface area contributed by atoms with Crippen molar-refractivity contribution in [2.24, 2.45) is 0 Å². The topological polar surface area (TPSA) is 67.3 Å². The van der Waals surface area contributed by atoms with Gasteiger partial charge in [0.15, 0.2) is 0 Å². The van der Waals surface area contributed by atoms with E-state index >= 15 is 8.78 Å². The van der Waals surface area contributed by atoms with Crippen LogP contribution in [0.2, 0.25) is 0 Å². The molecule has 1 aromatic heterocycles. The first-order valence-electron chi connectivity index (χ1n) is 12.1. The maximum absolute atomic E-state index is 15.2.